The summed E-state index contributed by atoms with van der Waals surface area (Å²) in [4.78, 5) is 23.5. The van der Waals surface area contributed by atoms with E-state index in [-0.39, 0.29) is 31.0 Å². The molecule has 1 aliphatic heterocycles. The Kier molecular flexibility index (Phi) is 8.51. The van der Waals surface area contributed by atoms with E-state index in [9.17, 15) is 18.0 Å². The number of unbranched alkanes of at least 4 members (excludes halogenated alkanes) is 2. The van der Waals surface area contributed by atoms with Crippen molar-refractivity contribution in [1.82, 2.24) is 10.0 Å². The van der Waals surface area contributed by atoms with Crippen LogP contribution < -0.4 is 19.5 Å². The van der Waals surface area contributed by atoms with Crippen LogP contribution >= 0.6 is 0 Å². The lowest BCUT2D eigenvalue weighted by molar-refractivity contribution is -0.148. The average molecular weight is 467 g/mol. The zero-order valence-corrected chi connectivity index (χ0v) is 18.3. The van der Waals surface area contributed by atoms with Gasteiger partial charge in [0, 0.05) is 19.0 Å². The van der Waals surface area contributed by atoms with Gasteiger partial charge in [0.15, 0.2) is 18.1 Å². The molecule has 0 aliphatic carbocycles. The van der Waals surface area contributed by atoms with Crippen LogP contribution in [0, 0.1) is 0 Å². The number of amides is 1. The van der Waals surface area contributed by atoms with Crippen LogP contribution in [0.25, 0.3) is 0 Å². The fourth-order valence-corrected chi connectivity index (χ4v) is 4.01. The largest absolute Gasteiger partial charge is 0.486 e. The predicted octanol–water partition coefficient (Wildman–Crippen LogP) is 1.75. The lowest BCUT2D eigenvalue weighted by Crippen LogP contribution is -2.28. The first-order chi connectivity index (χ1) is 15.4. The molecule has 174 valence electrons. The zero-order valence-electron chi connectivity index (χ0n) is 17.5. The number of carbonyl (C=O) groups excluding carboxylic acids is 2. The third-order valence-corrected chi connectivity index (χ3v) is 6.04. The lowest BCUT2D eigenvalue weighted by Gasteiger charge is -2.18. The van der Waals surface area contributed by atoms with Crippen molar-refractivity contribution in [1.29, 1.82) is 0 Å². The minimum Gasteiger partial charge on any atom is -0.486 e. The van der Waals surface area contributed by atoms with Crippen LogP contribution in [-0.4, -0.2) is 46.7 Å². The van der Waals surface area contributed by atoms with Gasteiger partial charge in [0.1, 0.15) is 19.0 Å². The molecule has 2 N–H and O–H groups in total. The van der Waals surface area contributed by atoms with E-state index in [0.717, 1.165) is 0 Å². The number of esters is 1. The van der Waals surface area contributed by atoms with Crippen LogP contribution in [0.5, 0.6) is 11.5 Å². The Labute approximate surface area is 186 Å². The van der Waals surface area contributed by atoms with Gasteiger partial charge in [-0.3, -0.25) is 9.59 Å². The summed E-state index contributed by atoms with van der Waals surface area (Å²) in [5.74, 6) is 0.650. The van der Waals surface area contributed by atoms with Crippen molar-refractivity contribution in [3.05, 3.63) is 42.4 Å². The quantitative estimate of drug-likeness (QED) is 0.357. The van der Waals surface area contributed by atoms with E-state index in [1.807, 2.05) is 0 Å². The molecule has 3 rings (SSSR count). The standard InChI is InChI=1S/C21H26N2O8S/c24-20(22-14-16-5-4-10-28-16)15-31-21(25)6-2-1-3-9-23-32(26,27)17-7-8-18-19(13-17)30-12-11-29-18/h4-5,7-8,10,13,23H,1-3,6,9,11-12,14-15H2,(H,22,24). The summed E-state index contributed by atoms with van der Waals surface area (Å²) in [6, 6.07) is 7.92. The molecule has 2 aromatic rings. The molecule has 0 unspecified atom stereocenters. The van der Waals surface area contributed by atoms with E-state index in [1.165, 1.54) is 18.4 Å². The van der Waals surface area contributed by atoms with Gasteiger partial charge in [-0.25, -0.2) is 13.1 Å². The highest BCUT2D eigenvalue weighted by Crippen LogP contribution is 2.32. The summed E-state index contributed by atoms with van der Waals surface area (Å²) in [7, 11) is -3.67. The molecule has 0 atom stereocenters. The van der Waals surface area contributed by atoms with Crippen molar-refractivity contribution >= 4 is 21.9 Å². The van der Waals surface area contributed by atoms with E-state index >= 15 is 0 Å². The first kappa shape index (κ1) is 23.6. The highest BCUT2D eigenvalue weighted by molar-refractivity contribution is 7.89. The number of hydrogen-bond acceptors (Lipinski definition) is 8. The topological polar surface area (TPSA) is 133 Å². The molecule has 0 radical (unpaired) electrons. The van der Waals surface area contributed by atoms with E-state index in [1.54, 1.807) is 18.2 Å². The second-order valence-electron chi connectivity index (χ2n) is 7.03. The number of fused-ring (bicyclic) bond motifs is 1. The van der Waals surface area contributed by atoms with Crippen molar-refractivity contribution < 1.29 is 36.6 Å². The van der Waals surface area contributed by atoms with Crippen LogP contribution in [-0.2, 0) is 30.9 Å². The van der Waals surface area contributed by atoms with Crippen molar-refractivity contribution in [2.75, 3.05) is 26.4 Å². The van der Waals surface area contributed by atoms with Crippen LogP contribution in [0.3, 0.4) is 0 Å². The molecule has 32 heavy (non-hydrogen) atoms. The summed E-state index contributed by atoms with van der Waals surface area (Å²) in [5.41, 5.74) is 0. The van der Waals surface area contributed by atoms with Crippen LogP contribution in [0.2, 0.25) is 0 Å². The molecule has 1 aliphatic rings. The van der Waals surface area contributed by atoms with Crippen molar-refractivity contribution in [3.63, 3.8) is 0 Å². The molecule has 0 fully saturated rings. The van der Waals surface area contributed by atoms with E-state index in [4.69, 9.17) is 18.6 Å². The molecule has 0 saturated heterocycles. The van der Waals surface area contributed by atoms with Crippen LogP contribution in [0.15, 0.2) is 45.9 Å². The van der Waals surface area contributed by atoms with Gasteiger partial charge in [-0.2, -0.15) is 0 Å². The molecule has 0 spiro atoms. The molecule has 2 heterocycles. The number of sulfonamides is 1. The highest BCUT2D eigenvalue weighted by atomic mass is 32.2. The van der Waals surface area contributed by atoms with Gasteiger partial charge >= 0.3 is 5.97 Å². The van der Waals surface area contributed by atoms with Gasteiger partial charge in [-0.15, -0.1) is 0 Å². The van der Waals surface area contributed by atoms with Gasteiger partial charge in [-0.05, 0) is 37.1 Å². The summed E-state index contributed by atoms with van der Waals surface area (Å²) in [6.07, 6.45) is 3.37. The Bertz CT molecular complexity index is 1000. The number of carbonyl (C=O) groups is 2. The second kappa shape index (κ2) is 11.5. The Hall–Kier alpha value is -3.05. The van der Waals surface area contributed by atoms with E-state index < -0.39 is 21.9 Å². The molecule has 1 amide bonds. The van der Waals surface area contributed by atoms with Crippen molar-refractivity contribution in [2.24, 2.45) is 0 Å². The van der Waals surface area contributed by atoms with Crippen molar-refractivity contribution in [3.8, 4) is 11.5 Å². The molecule has 0 bridgehead atoms. The fourth-order valence-electron chi connectivity index (χ4n) is 2.92. The van der Waals surface area contributed by atoms with Gasteiger partial charge in [-0.1, -0.05) is 6.42 Å². The number of nitrogens with one attached hydrogen (secondary N) is 2. The Morgan fingerprint density at radius 3 is 2.62 bits per heavy atom. The van der Waals surface area contributed by atoms with Crippen molar-refractivity contribution in [2.45, 2.75) is 37.1 Å². The average Bonchev–Trinajstić information content (AvgIpc) is 3.32. The maximum Gasteiger partial charge on any atom is 0.306 e. The first-order valence-electron chi connectivity index (χ1n) is 10.3. The van der Waals surface area contributed by atoms with Crippen LogP contribution in [0.4, 0.5) is 0 Å². The molecular weight excluding hydrogens is 440 g/mol. The number of rotatable bonds is 12. The molecule has 0 saturated carbocycles. The highest BCUT2D eigenvalue weighted by Gasteiger charge is 2.19. The Balaban J connectivity index is 1.26. The minimum absolute atomic E-state index is 0.107. The number of benzene rings is 1. The smallest absolute Gasteiger partial charge is 0.306 e. The fraction of sp³-hybridized carbons (Fsp3) is 0.429. The summed E-state index contributed by atoms with van der Waals surface area (Å²) in [6.45, 7) is 0.924. The van der Waals surface area contributed by atoms with Gasteiger partial charge in [0.2, 0.25) is 10.0 Å². The predicted molar refractivity (Wildman–Crippen MR) is 113 cm³/mol. The summed E-state index contributed by atoms with van der Waals surface area (Å²) in [5, 5.41) is 2.58. The summed E-state index contributed by atoms with van der Waals surface area (Å²) >= 11 is 0. The zero-order chi connectivity index (χ0) is 22.8. The van der Waals surface area contributed by atoms with Crippen LogP contribution in [0.1, 0.15) is 31.4 Å². The SMILES string of the molecule is O=C(COC(=O)CCCCCNS(=O)(=O)c1ccc2c(c1)OCCO2)NCc1ccco1. The lowest BCUT2D eigenvalue weighted by atomic mass is 10.2. The Morgan fingerprint density at radius 1 is 1.03 bits per heavy atom. The molecular formula is C21H26N2O8S. The number of hydrogen-bond donors (Lipinski definition) is 2. The molecule has 10 nitrogen and oxygen atoms in total. The second-order valence-corrected chi connectivity index (χ2v) is 8.80. The molecule has 1 aromatic heterocycles. The van der Waals surface area contributed by atoms with E-state index in [0.29, 0.717) is 49.7 Å². The molecule has 11 heteroatoms. The third kappa shape index (κ3) is 7.27. The third-order valence-electron chi connectivity index (χ3n) is 4.58. The molecule has 1 aromatic carbocycles. The monoisotopic (exact) mass is 466 g/mol. The number of furan rings is 1. The number of ether oxygens (including phenoxy) is 3. The maximum atomic E-state index is 12.4. The van der Waals surface area contributed by atoms with E-state index in [2.05, 4.69) is 10.0 Å². The van der Waals surface area contributed by atoms with Gasteiger partial charge < -0.3 is 23.9 Å². The minimum atomic E-state index is -3.67. The van der Waals surface area contributed by atoms with Gasteiger partial charge in [0.05, 0.1) is 17.7 Å². The first-order valence-corrected chi connectivity index (χ1v) is 11.8. The Morgan fingerprint density at radius 2 is 1.84 bits per heavy atom. The van der Waals surface area contributed by atoms with Gasteiger partial charge in [0.25, 0.3) is 5.91 Å². The maximum absolute atomic E-state index is 12.4. The normalized spacial score (nSPS) is 12.9. The summed E-state index contributed by atoms with van der Waals surface area (Å²) < 4.78 is 48.2.